The SMILES string of the molecule is c1ccc(-c2c(-c3cccc(-c4ccc(-c5ccc(N(c6ccccc6)c6ccc(-c7cc8ccccc8c8ccccc78)cc6)cc5)cc4)c3)oc3ccccc23)cc1. The highest BCUT2D eigenvalue weighted by Gasteiger charge is 2.18. The third-order valence-electron chi connectivity index (χ3n) is 11.7. The molecule has 2 heteroatoms. The van der Waals surface area contributed by atoms with E-state index < -0.39 is 0 Å². The van der Waals surface area contributed by atoms with Gasteiger partial charge in [-0.2, -0.15) is 0 Å². The Morgan fingerprint density at radius 1 is 0.283 bits per heavy atom. The summed E-state index contributed by atoms with van der Waals surface area (Å²) in [4.78, 5) is 2.33. The predicted octanol–water partition coefficient (Wildman–Crippen LogP) is 16.5. The molecule has 0 radical (unpaired) electrons. The summed E-state index contributed by atoms with van der Waals surface area (Å²) in [7, 11) is 0. The summed E-state index contributed by atoms with van der Waals surface area (Å²) in [6.45, 7) is 0. The molecular formula is C58H39NO. The summed E-state index contributed by atoms with van der Waals surface area (Å²) in [6.07, 6.45) is 0. The standard InChI is InChI=1S/C58H39NO/c1-3-14-44(15-4-1)57-54-24-11-12-25-56(54)60-58(57)47-18-13-17-45(38-47)42-28-26-40(27-29-42)41-30-34-49(35-31-41)59(48-19-5-2-6-20-48)50-36-32-43(33-37-50)55-39-46-16-7-8-21-51(46)52-22-9-10-23-53(52)55/h1-39H. The van der Waals surface area contributed by atoms with Crippen molar-refractivity contribution in [3.63, 3.8) is 0 Å². The number of nitrogens with zero attached hydrogens (tertiary/aromatic N) is 1. The van der Waals surface area contributed by atoms with Crippen molar-refractivity contribution < 1.29 is 4.42 Å². The van der Waals surface area contributed by atoms with Gasteiger partial charge in [0.05, 0.1) is 0 Å². The molecule has 0 atom stereocenters. The Morgan fingerprint density at radius 2 is 0.767 bits per heavy atom. The lowest BCUT2D eigenvalue weighted by Crippen LogP contribution is -2.09. The van der Waals surface area contributed by atoms with Gasteiger partial charge in [-0.15, -0.1) is 0 Å². The number of benzene rings is 10. The minimum absolute atomic E-state index is 0.889. The molecule has 11 rings (SSSR count). The predicted molar refractivity (Wildman–Crippen MR) is 253 cm³/mol. The van der Waals surface area contributed by atoms with Crippen molar-refractivity contribution >= 4 is 49.6 Å². The van der Waals surface area contributed by atoms with Crippen LogP contribution in [0.4, 0.5) is 17.1 Å². The van der Waals surface area contributed by atoms with Gasteiger partial charge in [-0.1, -0.05) is 182 Å². The quantitative estimate of drug-likeness (QED) is 0.143. The Balaban J connectivity index is 0.886. The monoisotopic (exact) mass is 765 g/mol. The highest BCUT2D eigenvalue weighted by molar-refractivity contribution is 6.13. The summed E-state index contributed by atoms with van der Waals surface area (Å²) in [6, 6.07) is 84.6. The largest absolute Gasteiger partial charge is 0.455 e. The van der Waals surface area contributed by atoms with E-state index >= 15 is 0 Å². The van der Waals surface area contributed by atoms with Gasteiger partial charge in [0.1, 0.15) is 11.3 Å². The Hall–Kier alpha value is -7.94. The van der Waals surface area contributed by atoms with E-state index in [-0.39, 0.29) is 0 Å². The van der Waals surface area contributed by atoms with Crippen LogP contribution < -0.4 is 4.90 Å². The number of furan rings is 1. The maximum Gasteiger partial charge on any atom is 0.143 e. The molecule has 0 saturated heterocycles. The van der Waals surface area contributed by atoms with Gasteiger partial charge in [-0.3, -0.25) is 0 Å². The van der Waals surface area contributed by atoms with E-state index in [1.165, 1.54) is 43.8 Å². The highest BCUT2D eigenvalue weighted by atomic mass is 16.3. The topological polar surface area (TPSA) is 16.4 Å². The van der Waals surface area contributed by atoms with E-state index in [1.807, 2.05) is 12.1 Å². The van der Waals surface area contributed by atoms with Gasteiger partial charge in [-0.25, -0.2) is 0 Å². The fourth-order valence-corrected chi connectivity index (χ4v) is 8.75. The summed E-state index contributed by atoms with van der Waals surface area (Å²) in [5, 5.41) is 6.20. The lowest BCUT2D eigenvalue weighted by molar-refractivity contribution is 0.632. The Kier molecular flexibility index (Phi) is 8.87. The van der Waals surface area contributed by atoms with Crippen LogP contribution in [0.1, 0.15) is 0 Å². The molecule has 0 unspecified atom stereocenters. The maximum atomic E-state index is 6.54. The van der Waals surface area contributed by atoms with Crippen molar-refractivity contribution in [2.24, 2.45) is 0 Å². The Labute approximate surface area is 349 Å². The second kappa shape index (κ2) is 15.1. The second-order valence-electron chi connectivity index (χ2n) is 15.3. The Bertz CT molecular complexity index is 3270. The van der Waals surface area contributed by atoms with Crippen molar-refractivity contribution in [3.05, 3.63) is 237 Å². The molecule has 1 heterocycles. The van der Waals surface area contributed by atoms with Gasteiger partial charge in [0.15, 0.2) is 0 Å². The molecule has 0 aliphatic heterocycles. The molecule has 0 N–H and O–H groups in total. The van der Waals surface area contributed by atoms with E-state index in [0.717, 1.165) is 61.6 Å². The zero-order valence-electron chi connectivity index (χ0n) is 32.9. The van der Waals surface area contributed by atoms with Crippen LogP contribution in [0.3, 0.4) is 0 Å². The summed E-state index contributed by atoms with van der Waals surface area (Å²) in [5.41, 5.74) is 14.6. The molecule has 60 heavy (non-hydrogen) atoms. The normalized spacial score (nSPS) is 11.3. The molecular weight excluding hydrogens is 727 g/mol. The molecule has 2 nitrogen and oxygen atoms in total. The first-order valence-corrected chi connectivity index (χ1v) is 20.5. The lowest BCUT2D eigenvalue weighted by Gasteiger charge is -2.26. The first kappa shape index (κ1) is 35.2. The maximum absolute atomic E-state index is 6.54. The van der Waals surface area contributed by atoms with Crippen molar-refractivity contribution in [2.45, 2.75) is 0 Å². The molecule has 10 aromatic carbocycles. The minimum Gasteiger partial charge on any atom is -0.455 e. The summed E-state index contributed by atoms with van der Waals surface area (Å²) < 4.78 is 6.54. The van der Waals surface area contributed by atoms with Crippen LogP contribution in [0.5, 0.6) is 0 Å². The van der Waals surface area contributed by atoms with Crippen molar-refractivity contribution in [1.82, 2.24) is 0 Å². The van der Waals surface area contributed by atoms with Crippen LogP contribution in [-0.2, 0) is 0 Å². The molecule has 0 bridgehead atoms. The lowest BCUT2D eigenvalue weighted by atomic mass is 9.93. The van der Waals surface area contributed by atoms with E-state index in [2.05, 4.69) is 229 Å². The molecule has 0 amide bonds. The van der Waals surface area contributed by atoms with Crippen LogP contribution in [0.2, 0.25) is 0 Å². The molecule has 0 saturated carbocycles. The average Bonchev–Trinajstić information content (AvgIpc) is 3.73. The summed E-state index contributed by atoms with van der Waals surface area (Å²) in [5.74, 6) is 0.889. The fourth-order valence-electron chi connectivity index (χ4n) is 8.75. The molecule has 0 aliphatic carbocycles. The molecule has 11 aromatic rings. The van der Waals surface area contributed by atoms with Crippen LogP contribution in [0, 0.1) is 0 Å². The van der Waals surface area contributed by atoms with Gasteiger partial charge in [0, 0.05) is 33.6 Å². The molecule has 1 aromatic heterocycles. The van der Waals surface area contributed by atoms with Gasteiger partial charge < -0.3 is 9.32 Å². The third-order valence-corrected chi connectivity index (χ3v) is 11.7. The Morgan fingerprint density at radius 3 is 1.47 bits per heavy atom. The van der Waals surface area contributed by atoms with Crippen LogP contribution >= 0.6 is 0 Å². The first-order valence-electron chi connectivity index (χ1n) is 20.5. The third kappa shape index (κ3) is 6.41. The van der Waals surface area contributed by atoms with Crippen LogP contribution in [0.25, 0.3) is 88.3 Å². The fraction of sp³-hybridized carbons (Fsp3) is 0. The zero-order valence-corrected chi connectivity index (χ0v) is 32.9. The van der Waals surface area contributed by atoms with Crippen molar-refractivity contribution in [1.29, 1.82) is 0 Å². The molecule has 0 spiro atoms. The second-order valence-corrected chi connectivity index (χ2v) is 15.3. The smallest absolute Gasteiger partial charge is 0.143 e. The van der Waals surface area contributed by atoms with Gasteiger partial charge >= 0.3 is 0 Å². The minimum atomic E-state index is 0.889. The molecule has 0 aliphatic rings. The van der Waals surface area contributed by atoms with E-state index in [0.29, 0.717) is 0 Å². The van der Waals surface area contributed by atoms with E-state index in [9.17, 15) is 0 Å². The number of fused-ring (bicyclic) bond motifs is 4. The van der Waals surface area contributed by atoms with Crippen molar-refractivity contribution in [3.8, 4) is 55.8 Å². The number of anilines is 3. The summed E-state index contributed by atoms with van der Waals surface area (Å²) >= 11 is 0. The number of hydrogen-bond acceptors (Lipinski definition) is 2. The van der Waals surface area contributed by atoms with E-state index in [4.69, 9.17) is 4.42 Å². The van der Waals surface area contributed by atoms with E-state index in [1.54, 1.807) is 0 Å². The molecule has 282 valence electrons. The van der Waals surface area contributed by atoms with Gasteiger partial charge in [0.25, 0.3) is 0 Å². The van der Waals surface area contributed by atoms with Crippen molar-refractivity contribution in [2.75, 3.05) is 4.90 Å². The average molecular weight is 766 g/mol. The number of hydrogen-bond donors (Lipinski definition) is 0. The number of para-hydroxylation sites is 2. The van der Waals surface area contributed by atoms with Crippen LogP contribution in [0.15, 0.2) is 241 Å². The van der Waals surface area contributed by atoms with Crippen LogP contribution in [-0.4, -0.2) is 0 Å². The molecule has 0 fully saturated rings. The first-order chi connectivity index (χ1) is 29.7. The van der Waals surface area contributed by atoms with Gasteiger partial charge in [-0.05, 0) is 115 Å². The highest BCUT2D eigenvalue weighted by Crippen LogP contribution is 2.43. The number of rotatable bonds is 8. The zero-order chi connectivity index (χ0) is 39.8. The van der Waals surface area contributed by atoms with Gasteiger partial charge in [0.2, 0.25) is 0 Å².